The number of hydrogen-bond donors (Lipinski definition) is 2. The molecule has 0 aliphatic heterocycles. The van der Waals surface area contributed by atoms with E-state index in [0.29, 0.717) is 17.1 Å². The summed E-state index contributed by atoms with van der Waals surface area (Å²) in [6, 6.07) is 10.5. The van der Waals surface area contributed by atoms with Crippen molar-refractivity contribution in [3.8, 4) is 5.75 Å². The Morgan fingerprint density at radius 1 is 1.30 bits per heavy atom. The molecule has 0 bridgehead atoms. The quantitative estimate of drug-likeness (QED) is 0.774. The van der Waals surface area contributed by atoms with Gasteiger partial charge in [0.15, 0.2) is 5.11 Å². The van der Waals surface area contributed by atoms with Crippen molar-refractivity contribution in [1.29, 1.82) is 0 Å². The molecule has 0 spiro atoms. The molecular formula is C16H16BrN3O2S. The summed E-state index contributed by atoms with van der Waals surface area (Å²) < 4.78 is 6.44. The minimum absolute atomic E-state index is 0.0412. The van der Waals surface area contributed by atoms with E-state index in [1.54, 1.807) is 36.5 Å². The molecule has 2 rings (SSSR count). The maximum atomic E-state index is 12.2. The van der Waals surface area contributed by atoms with Gasteiger partial charge in [0.2, 0.25) is 0 Å². The Morgan fingerprint density at radius 3 is 2.74 bits per heavy atom. The number of amides is 1. The van der Waals surface area contributed by atoms with E-state index in [2.05, 4.69) is 31.5 Å². The van der Waals surface area contributed by atoms with Crippen LogP contribution in [0.2, 0.25) is 0 Å². The van der Waals surface area contributed by atoms with Gasteiger partial charge in [0, 0.05) is 16.2 Å². The molecule has 2 N–H and O–H groups in total. The number of ether oxygens (including phenoxy) is 1. The fourth-order valence-electron chi connectivity index (χ4n) is 1.76. The van der Waals surface area contributed by atoms with Gasteiger partial charge in [-0.2, -0.15) is 0 Å². The van der Waals surface area contributed by atoms with Crippen molar-refractivity contribution in [3.63, 3.8) is 0 Å². The van der Waals surface area contributed by atoms with Crippen LogP contribution in [0.15, 0.2) is 47.1 Å². The molecule has 120 valence electrons. The van der Waals surface area contributed by atoms with Crippen molar-refractivity contribution in [1.82, 2.24) is 10.3 Å². The summed E-state index contributed by atoms with van der Waals surface area (Å²) in [6.45, 7) is 3.86. The van der Waals surface area contributed by atoms with Crippen LogP contribution in [-0.4, -0.2) is 22.1 Å². The zero-order valence-corrected chi connectivity index (χ0v) is 15.1. The van der Waals surface area contributed by atoms with E-state index in [-0.39, 0.29) is 17.1 Å². The highest BCUT2D eigenvalue weighted by atomic mass is 79.9. The molecule has 2 aromatic rings. The lowest BCUT2D eigenvalue weighted by Crippen LogP contribution is -2.34. The van der Waals surface area contributed by atoms with Crippen molar-refractivity contribution in [2.75, 3.05) is 5.32 Å². The van der Waals surface area contributed by atoms with E-state index in [4.69, 9.17) is 17.0 Å². The summed E-state index contributed by atoms with van der Waals surface area (Å²) in [4.78, 5) is 16.3. The molecule has 1 aromatic heterocycles. The Bertz CT molecular complexity index is 705. The number of aromatic nitrogens is 1. The minimum Gasteiger partial charge on any atom is -0.491 e. The number of carbonyl (C=O) groups is 1. The monoisotopic (exact) mass is 393 g/mol. The first kappa shape index (κ1) is 17.4. The van der Waals surface area contributed by atoms with Crippen LogP contribution in [0.5, 0.6) is 5.75 Å². The van der Waals surface area contributed by atoms with E-state index in [1.165, 1.54) is 0 Å². The number of nitrogens with zero attached hydrogens (tertiary/aromatic N) is 1. The molecule has 0 aliphatic carbocycles. The van der Waals surface area contributed by atoms with E-state index < -0.39 is 0 Å². The number of halogens is 1. The zero-order valence-electron chi connectivity index (χ0n) is 12.7. The predicted octanol–water partition coefficient (Wildman–Crippen LogP) is 3.76. The van der Waals surface area contributed by atoms with Gasteiger partial charge >= 0.3 is 0 Å². The standard InChI is InChI=1S/C16H16BrN3O2S/c1-10(2)22-13-5-3-4-11(8-13)15(21)20-16(23)19-14-7-6-12(17)9-18-14/h3-10H,1-2H3,(H2,18,19,20,21,23). The van der Waals surface area contributed by atoms with E-state index in [0.717, 1.165) is 4.47 Å². The van der Waals surface area contributed by atoms with Crippen molar-refractivity contribution >= 4 is 45.0 Å². The van der Waals surface area contributed by atoms with Crippen LogP contribution < -0.4 is 15.4 Å². The van der Waals surface area contributed by atoms with Gasteiger partial charge in [0.05, 0.1) is 6.10 Å². The van der Waals surface area contributed by atoms with E-state index >= 15 is 0 Å². The number of carbonyl (C=O) groups excluding carboxylic acids is 1. The largest absolute Gasteiger partial charge is 0.491 e. The zero-order chi connectivity index (χ0) is 16.8. The molecule has 0 atom stereocenters. The van der Waals surface area contributed by atoms with Gasteiger partial charge in [-0.15, -0.1) is 0 Å². The number of nitrogens with one attached hydrogen (secondary N) is 2. The van der Waals surface area contributed by atoms with Crippen molar-refractivity contribution in [2.45, 2.75) is 20.0 Å². The molecule has 0 fully saturated rings. The topological polar surface area (TPSA) is 63.2 Å². The average molecular weight is 394 g/mol. The summed E-state index contributed by atoms with van der Waals surface area (Å²) >= 11 is 8.42. The van der Waals surface area contributed by atoms with Crippen LogP contribution in [-0.2, 0) is 0 Å². The predicted molar refractivity (Wildman–Crippen MR) is 97.8 cm³/mol. The SMILES string of the molecule is CC(C)Oc1cccc(C(=O)NC(=S)Nc2ccc(Br)cn2)c1. The summed E-state index contributed by atoms with van der Waals surface area (Å²) in [5.41, 5.74) is 0.469. The molecule has 0 aliphatic rings. The van der Waals surface area contributed by atoms with Crippen LogP contribution in [0.3, 0.4) is 0 Å². The maximum Gasteiger partial charge on any atom is 0.257 e. The molecule has 1 aromatic carbocycles. The van der Waals surface area contributed by atoms with Crippen LogP contribution >= 0.6 is 28.1 Å². The van der Waals surface area contributed by atoms with Crippen LogP contribution in [0.1, 0.15) is 24.2 Å². The molecule has 0 saturated carbocycles. The second-order valence-corrected chi connectivity index (χ2v) is 6.29. The molecular weight excluding hydrogens is 378 g/mol. The first-order chi connectivity index (χ1) is 10.9. The molecule has 0 saturated heterocycles. The number of thiocarbonyl (C=S) groups is 1. The highest BCUT2D eigenvalue weighted by Crippen LogP contribution is 2.15. The number of pyridine rings is 1. The number of hydrogen-bond acceptors (Lipinski definition) is 4. The van der Waals surface area contributed by atoms with Crippen molar-refractivity contribution < 1.29 is 9.53 Å². The number of benzene rings is 1. The normalized spacial score (nSPS) is 10.3. The molecule has 1 amide bonds. The lowest BCUT2D eigenvalue weighted by atomic mass is 10.2. The molecule has 0 radical (unpaired) electrons. The summed E-state index contributed by atoms with van der Waals surface area (Å²) in [7, 11) is 0. The second-order valence-electron chi connectivity index (χ2n) is 4.96. The molecule has 0 unspecified atom stereocenters. The number of anilines is 1. The fraction of sp³-hybridized carbons (Fsp3) is 0.188. The minimum atomic E-state index is -0.311. The van der Waals surface area contributed by atoms with Crippen LogP contribution in [0.25, 0.3) is 0 Å². The fourth-order valence-corrected chi connectivity index (χ4v) is 2.19. The van der Waals surface area contributed by atoms with Gasteiger partial charge in [-0.1, -0.05) is 6.07 Å². The van der Waals surface area contributed by atoms with E-state index in [1.807, 2.05) is 19.9 Å². The van der Waals surface area contributed by atoms with Gasteiger partial charge in [-0.05, 0) is 72.3 Å². The maximum absolute atomic E-state index is 12.2. The Balaban J connectivity index is 1.98. The highest BCUT2D eigenvalue weighted by molar-refractivity contribution is 9.10. The third-order valence-electron chi connectivity index (χ3n) is 2.66. The summed E-state index contributed by atoms with van der Waals surface area (Å²) in [6.07, 6.45) is 1.68. The molecule has 23 heavy (non-hydrogen) atoms. The Hall–Kier alpha value is -1.99. The van der Waals surface area contributed by atoms with Crippen LogP contribution in [0, 0.1) is 0 Å². The smallest absolute Gasteiger partial charge is 0.257 e. The van der Waals surface area contributed by atoms with Crippen molar-refractivity contribution in [2.24, 2.45) is 0 Å². The number of rotatable bonds is 4. The molecule has 1 heterocycles. The van der Waals surface area contributed by atoms with Crippen molar-refractivity contribution in [3.05, 3.63) is 52.6 Å². The first-order valence-electron chi connectivity index (χ1n) is 6.94. The highest BCUT2D eigenvalue weighted by Gasteiger charge is 2.10. The van der Waals surface area contributed by atoms with Gasteiger partial charge < -0.3 is 10.1 Å². The summed E-state index contributed by atoms with van der Waals surface area (Å²) in [5.74, 6) is 0.880. The van der Waals surface area contributed by atoms with Gasteiger partial charge in [-0.3, -0.25) is 10.1 Å². The van der Waals surface area contributed by atoms with Crippen LogP contribution in [0.4, 0.5) is 5.82 Å². The Kier molecular flexibility index (Phi) is 6.06. The Labute approximate surface area is 148 Å². The van der Waals surface area contributed by atoms with Gasteiger partial charge in [-0.25, -0.2) is 4.98 Å². The first-order valence-corrected chi connectivity index (χ1v) is 8.15. The lowest BCUT2D eigenvalue weighted by molar-refractivity contribution is 0.0977. The van der Waals surface area contributed by atoms with Gasteiger partial charge in [0.1, 0.15) is 11.6 Å². The van der Waals surface area contributed by atoms with E-state index in [9.17, 15) is 4.79 Å². The molecule has 5 nitrogen and oxygen atoms in total. The summed E-state index contributed by atoms with van der Waals surface area (Å²) in [5, 5.41) is 5.65. The average Bonchev–Trinajstić information content (AvgIpc) is 2.49. The molecule has 7 heteroatoms. The third-order valence-corrected chi connectivity index (χ3v) is 3.34. The Morgan fingerprint density at radius 2 is 2.09 bits per heavy atom. The lowest BCUT2D eigenvalue weighted by Gasteiger charge is -2.12. The third kappa shape index (κ3) is 5.61. The second kappa shape index (κ2) is 8.03. The van der Waals surface area contributed by atoms with Gasteiger partial charge in [0.25, 0.3) is 5.91 Å².